The fourth-order valence-corrected chi connectivity index (χ4v) is 0.779. The van der Waals surface area contributed by atoms with Crippen LogP contribution in [0.25, 0.3) is 0 Å². The van der Waals surface area contributed by atoms with Gasteiger partial charge in [0.1, 0.15) is 0 Å². The Morgan fingerprint density at radius 3 is 1.17 bits per heavy atom. The molecule has 6 heteroatoms. The van der Waals surface area contributed by atoms with Gasteiger partial charge in [0.2, 0.25) is 0 Å². The van der Waals surface area contributed by atoms with Crippen molar-refractivity contribution in [2.24, 2.45) is 0 Å². The SMILES string of the molecule is O1O[Si]12OO2.[Zn]. The van der Waals surface area contributed by atoms with Crippen LogP contribution in [0.15, 0.2) is 0 Å². The minimum Gasteiger partial charge on any atom is -0.197 e. The zero-order chi connectivity index (χ0) is 3.33. The first-order valence-electron chi connectivity index (χ1n) is 1.15. The van der Waals surface area contributed by atoms with Crippen LogP contribution in [0.3, 0.4) is 0 Å². The number of hydrogen-bond donors (Lipinski definition) is 0. The molecule has 30 valence electrons. The average molecular weight is 157 g/mol. The summed E-state index contributed by atoms with van der Waals surface area (Å²) in [6, 6.07) is 0. The van der Waals surface area contributed by atoms with E-state index < -0.39 is 9.05 Å². The zero-order valence-corrected chi connectivity index (χ0v) is 6.81. The summed E-state index contributed by atoms with van der Waals surface area (Å²) >= 11 is 0. The third-order valence-electron chi connectivity index (χ3n) is 0.439. The van der Waals surface area contributed by atoms with Crippen molar-refractivity contribution in [2.45, 2.75) is 0 Å². The van der Waals surface area contributed by atoms with Crippen molar-refractivity contribution in [3.05, 3.63) is 0 Å². The summed E-state index contributed by atoms with van der Waals surface area (Å²) in [6.45, 7) is 0. The van der Waals surface area contributed by atoms with E-state index in [4.69, 9.17) is 0 Å². The molecule has 4 nitrogen and oxygen atoms in total. The normalized spacial score (nSPS) is 32.0. The molecule has 0 saturated carbocycles. The van der Waals surface area contributed by atoms with Gasteiger partial charge < -0.3 is 0 Å². The van der Waals surface area contributed by atoms with E-state index in [0.717, 1.165) is 0 Å². The summed E-state index contributed by atoms with van der Waals surface area (Å²) < 4.78 is 16.8. The molecule has 2 fully saturated rings. The summed E-state index contributed by atoms with van der Waals surface area (Å²) in [5.41, 5.74) is 0. The molecule has 2 rings (SSSR count). The predicted molar refractivity (Wildman–Crippen MR) is 10.1 cm³/mol. The molecule has 2 aliphatic heterocycles. The van der Waals surface area contributed by atoms with E-state index >= 15 is 0 Å². The predicted octanol–water partition coefficient (Wildman–Crippen LogP) is -0.657. The first-order valence-corrected chi connectivity index (χ1v) is 2.78. The second kappa shape index (κ2) is 1.09. The molecule has 2 heterocycles. The van der Waals surface area contributed by atoms with Crippen LogP contribution in [-0.4, -0.2) is 9.05 Å². The van der Waals surface area contributed by atoms with E-state index in [1.54, 1.807) is 0 Å². The van der Waals surface area contributed by atoms with Crippen LogP contribution in [0.4, 0.5) is 0 Å². The van der Waals surface area contributed by atoms with Gasteiger partial charge in [0.15, 0.2) is 0 Å². The fourth-order valence-electron chi connectivity index (χ4n) is 0.124. The van der Waals surface area contributed by atoms with Crippen LogP contribution in [0.5, 0.6) is 0 Å². The van der Waals surface area contributed by atoms with Gasteiger partial charge in [-0.15, -0.1) is 0 Å². The molecule has 1 spiro atoms. The monoisotopic (exact) mass is 156 g/mol. The molecule has 0 amide bonds. The Labute approximate surface area is 47.4 Å². The minimum absolute atomic E-state index is 0. The Hall–Kier alpha value is 0.680. The van der Waals surface area contributed by atoms with Crippen molar-refractivity contribution < 1.29 is 37.8 Å². The smallest absolute Gasteiger partial charge is 0.197 e. The Kier molecular flexibility index (Phi) is 0.878. The van der Waals surface area contributed by atoms with Crippen LogP contribution >= 0.6 is 0 Å². The van der Waals surface area contributed by atoms with Crippen LogP contribution in [0, 0.1) is 0 Å². The molecule has 0 radical (unpaired) electrons. The van der Waals surface area contributed by atoms with Crippen molar-refractivity contribution in [3.8, 4) is 0 Å². The average Bonchev–Trinajstić information content (AvgIpc) is 2.17. The van der Waals surface area contributed by atoms with Gasteiger partial charge in [-0.2, -0.15) is 18.3 Å². The van der Waals surface area contributed by atoms with Crippen LogP contribution < -0.4 is 0 Å². The molecule has 2 saturated heterocycles. The molecule has 0 atom stereocenters. The maximum atomic E-state index is 4.20. The van der Waals surface area contributed by atoms with Gasteiger partial charge in [-0.1, -0.05) is 0 Å². The van der Waals surface area contributed by atoms with Gasteiger partial charge >= 0.3 is 9.05 Å². The number of hydrogen-bond acceptors (Lipinski definition) is 4. The first-order chi connectivity index (χ1) is 2.41. The minimum atomic E-state index is -2.11. The van der Waals surface area contributed by atoms with Gasteiger partial charge in [-0.25, -0.2) is 0 Å². The van der Waals surface area contributed by atoms with E-state index in [9.17, 15) is 0 Å². The molecule has 0 aromatic rings. The van der Waals surface area contributed by atoms with E-state index in [-0.39, 0.29) is 19.5 Å². The first kappa shape index (κ1) is 4.83. The van der Waals surface area contributed by atoms with Gasteiger partial charge in [-0.3, -0.25) is 0 Å². The van der Waals surface area contributed by atoms with Gasteiger partial charge in [0.05, 0.1) is 0 Å². The molecular formula is O4SiZn. The molecule has 0 aromatic carbocycles. The van der Waals surface area contributed by atoms with E-state index in [2.05, 4.69) is 18.3 Å². The Bertz CT molecular complexity index is 50.4. The van der Waals surface area contributed by atoms with Gasteiger partial charge in [0.25, 0.3) is 0 Å². The van der Waals surface area contributed by atoms with Crippen molar-refractivity contribution in [2.75, 3.05) is 0 Å². The van der Waals surface area contributed by atoms with Crippen LogP contribution in [-0.2, 0) is 37.8 Å². The van der Waals surface area contributed by atoms with Crippen molar-refractivity contribution in [1.29, 1.82) is 0 Å². The second-order valence-corrected chi connectivity index (χ2v) is 2.50. The van der Waals surface area contributed by atoms with E-state index in [0.29, 0.717) is 0 Å². The van der Waals surface area contributed by atoms with Crippen molar-refractivity contribution in [1.82, 2.24) is 0 Å². The van der Waals surface area contributed by atoms with E-state index in [1.807, 2.05) is 0 Å². The Morgan fingerprint density at radius 1 is 0.833 bits per heavy atom. The van der Waals surface area contributed by atoms with Gasteiger partial charge in [-0.05, 0) is 0 Å². The maximum Gasteiger partial charge on any atom is 0.789 e. The molecule has 0 N–H and O–H groups in total. The molecule has 0 aromatic heterocycles. The summed E-state index contributed by atoms with van der Waals surface area (Å²) in [4.78, 5) is 0. The summed E-state index contributed by atoms with van der Waals surface area (Å²) in [6.07, 6.45) is 0. The zero-order valence-electron chi connectivity index (χ0n) is 2.84. The van der Waals surface area contributed by atoms with Crippen LogP contribution in [0.1, 0.15) is 0 Å². The summed E-state index contributed by atoms with van der Waals surface area (Å²) in [5, 5.41) is 0. The quantitative estimate of drug-likeness (QED) is 0.266. The third-order valence-corrected chi connectivity index (χ3v) is 1.32. The van der Waals surface area contributed by atoms with Gasteiger partial charge in [0, 0.05) is 19.5 Å². The second-order valence-electron chi connectivity index (χ2n) is 0.833. The fraction of sp³-hybridized carbons (Fsp3) is 0. The van der Waals surface area contributed by atoms with Crippen molar-refractivity contribution in [3.63, 3.8) is 0 Å². The molecule has 2 aliphatic rings. The van der Waals surface area contributed by atoms with Crippen LogP contribution in [0.2, 0.25) is 0 Å². The molecule has 0 bridgehead atoms. The largest absolute Gasteiger partial charge is 0.789 e. The molecular weight excluding hydrogens is 157 g/mol. The Morgan fingerprint density at radius 2 is 1.17 bits per heavy atom. The van der Waals surface area contributed by atoms with E-state index in [1.165, 1.54) is 0 Å². The number of rotatable bonds is 0. The maximum absolute atomic E-state index is 4.20. The third kappa shape index (κ3) is 0.556. The molecule has 0 unspecified atom stereocenters. The molecule has 6 heavy (non-hydrogen) atoms. The summed E-state index contributed by atoms with van der Waals surface area (Å²) in [5.74, 6) is 0. The summed E-state index contributed by atoms with van der Waals surface area (Å²) in [7, 11) is -2.11. The van der Waals surface area contributed by atoms with Crippen molar-refractivity contribution >= 4 is 9.05 Å². The standard InChI is InChI=1S/O4Si.Zn/c1-2-5(1)3-4-5;. The topological polar surface area (TPSA) is 50.1 Å². The Balaban J connectivity index is 0.000000180. The molecule has 0 aliphatic carbocycles.